The van der Waals surface area contributed by atoms with Crippen molar-refractivity contribution in [1.82, 2.24) is 25.3 Å². The molecule has 0 radical (unpaired) electrons. The van der Waals surface area contributed by atoms with E-state index in [1.165, 1.54) is 16.7 Å². The minimum absolute atomic E-state index is 0.218. The SMILES string of the molecule is CCC1(C)NC(=O)N(CCCNC(=NC)N2CCN(C(C)C(F)(F)F)CC2)C1=O. The second-order valence-electron chi connectivity index (χ2n) is 7.64. The number of halogens is 3. The third kappa shape index (κ3) is 5.31. The van der Waals surface area contributed by atoms with E-state index < -0.39 is 17.8 Å². The zero-order valence-corrected chi connectivity index (χ0v) is 17.5. The van der Waals surface area contributed by atoms with E-state index in [0.717, 1.165) is 0 Å². The van der Waals surface area contributed by atoms with E-state index in [1.54, 1.807) is 14.0 Å². The molecule has 2 rings (SSSR count). The normalized spacial score (nSPS) is 25.4. The van der Waals surface area contributed by atoms with Crippen molar-refractivity contribution in [2.24, 2.45) is 4.99 Å². The van der Waals surface area contributed by atoms with Crippen LogP contribution in [0.4, 0.5) is 18.0 Å². The van der Waals surface area contributed by atoms with Gasteiger partial charge in [-0.15, -0.1) is 0 Å². The highest BCUT2D eigenvalue weighted by molar-refractivity contribution is 6.06. The van der Waals surface area contributed by atoms with Gasteiger partial charge in [-0.25, -0.2) is 4.79 Å². The lowest BCUT2D eigenvalue weighted by Crippen LogP contribution is -2.56. The van der Waals surface area contributed by atoms with Gasteiger partial charge in [0.1, 0.15) is 11.6 Å². The predicted molar refractivity (Wildman–Crippen MR) is 104 cm³/mol. The number of piperazine rings is 1. The largest absolute Gasteiger partial charge is 0.403 e. The summed E-state index contributed by atoms with van der Waals surface area (Å²) in [5, 5.41) is 5.88. The molecular weight excluding hydrogens is 389 g/mol. The monoisotopic (exact) mass is 420 g/mol. The first kappa shape index (κ1) is 23.2. The van der Waals surface area contributed by atoms with E-state index in [2.05, 4.69) is 15.6 Å². The highest BCUT2D eigenvalue weighted by Crippen LogP contribution is 2.25. The highest BCUT2D eigenvalue weighted by Gasteiger charge is 2.46. The Morgan fingerprint density at radius 2 is 1.90 bits per heavy atom. The Morgan fingerprint density at radius 1 is 1.28 bits per heavy atom. The molecular formula is C18H31F3N6O2. The van der Waals surface area contributed by atoms with Crippen molar-refractivity contribution in [3.05, 3.63) is 0 Å². The average Bonchev–Trinajstić information content (AvgIpc) is 2.90. The van der Waals surface area contributed by atoms with Crippen molar-refractivity contribution in [2.75, 3.05) is 46.3 Å². The van der Waals surface area contributed by atoms with E-state index in [-0.39, 0.29) is 11.9 Å². The first-order valence-corrected chi connectivity index (χ1v) is 9.94. The predicted octanol–water partition coefficient (Wildman–Crippen LogP) is 1.24. The van der Waals surface area contributed by atoms with Gasteiger partial charge < -0.3 is 15.5 Å². The van der Waals surface area contributed by atoms with Gasteiger partial charge in [0, 0.05) is 46.3 Å². The van der Waals surface area contributed by atoms with Gasteiger partial charge in [-0.1, -0.05) is 6.92 Å². The second kappa shape index (κ2) is 9.19. The first-order valence-electron chi connectivity index (χ1n) is 9.94. The lowest BCUT2D eigenvalue weighted by atomic mass is 9.99. The lowest BCUT2D eigenvalue weighted by Gasteiger charge is -2.39. The standard InChI is InChI=1S/C18H31F3N6O2/c1-5-17(3)14(28)27(16(29)24-17)8-6-7-23-15(22-4)26-11-9-25(10-12-26)13(2)18(19,20)21/h13H,5-12H2,1-4H3,(H,22,23)(H,24,29). The lowest BCUT2D eigenvalue weighted by molar-refractivity contribution is -0.181. The molecule has 0 bridgehead atoms. The third-order valence-corrected chi connectivity index (χ3v) is 5.74. The van der Waals surface area contributed by atoms with Crippen molar-refractivity contribution in [2.45, 2.75) is 51.4 Å². The van der Waals surface area contributed by atoms with Gasteiger partial charge in [0.25, 0.3) is 5.91 Å². The van der Waals surface area contributed by atoms with Crippen LogP contribution in [0.15, 0.2) is 4.99 Å². The number of carbonyl (C=O) groups excluding carboxylic acids is 2. The minimum Gasteiger partial charge on any atom is -0.356 e. The molecule has 3 amide bonds. The maximum atomic E-state index is 12.9. The van der Waals surface area contributed by atoms with Crippen LogP contribution in [0.3, 0.4) is 0 Å². The third-order valence-electron chi connectivity index (χ3n) is 5.74. The van der Waals surface area contributed by atoms with Crippen LogP contribution in [0.1, 0.15) is 33.6 Å². The van der Waals surface area contributed by atoms with Gasteiger partial charge >= 0.3 is 12.2 Å². The number of nitrogens with zero attached hydrogens (tertiary/aromatic N) is 4. The number of guanidine groups is 1. The van der Waals surface area contributed by atoms with Gasteiger partial charge in [-0.05, 0) is 26.7 Å². The summed E-state index contributed by atoms with van der Waals surface area (Å²) in [7, 11) is 1.62. The molecule has 2 aliphatic heterocycles. The summed E-state index contributed by atoms with van der Waals surface area (Å²) in [6.07, 6.45) is -3.16. The maximum absolute atomic E-state index is 12.9. The van der Waals surface area contributed by atoms with Crippen molar-refractivity contribution in [1.29, 1.82) is 0 Å². The van der Waals surface area contributed by atoms with Crippen LogP contribution in [0, 0.1) is 0 Å². The Kier molecular flexibility index (Phi) is 7.36. The number of hydrogen-bond donors (Lipinski definition) is 2. The number of aliphatic imine (C=N–C) groups is 1. The molecule has 2 unspecified atom stereocenters. The number of amides is 3. The zero-order valence-electron chi connectivity index (χ0n) is 17.5. The number of urea groups is 1. The van der Waals surface area contributed by atoms with Crippen LogP contribution in [0.2, 0.25) is 0 Å². The second-order valence-corrected chi connectivity index (χ2v) is 7.64. The van der Waals surface area contributed by atoms with Crippen LogP contribution in [0.5, 0.6) is 0 Å². The molecule has 2 saturated heterocycles. The fourth-order valence-corrected chi connectivity index (χ4v) is 3.49. The van der Waals surface area contributed by atoms with E-state index >= 15 is 0 Å². The number of rotatable bonds is 6. The van der Waals surface area contributed by atoms with E-state index in [0.29, 0.717) is 58.1 Å². The molecule has 166 valence electrons. The van der Waals surface area contributed by atoms with Gasteiger partial charge in [0.05, 0.1) is 0 Å². The Balaban J connectivity index is 1.77. The number of imide groups is 1. The summed E-state index contributed by atoms with van der Waals surface area (Å²) in [5.41, 5.74) is -0.840. The molecule has 0 spiro atoms. The summed E-state index contributed by atoms with van der Waals surface area (Å²) < 4.78 is 38.6. The molecule has 0 saturated carbocycles. The van der Waals surface area contributed by atoms with Gasteiger partial charge in [-0.2, -0.15) is 13.2 Å². The van der Waals surface area contributed by atoms with Crippen LogP contribution in [-0.2, 0) is 4.79 Å². The van der Waals surface area contributed by atoms with Crippen LogP contribution < -0.4 is 10.6 Å². The number of nitrogens with one attached hydrogen (secondary N) is 2. The smallest absolute Gasteiger partial charge is 0.356 e. The molecule has 2 heterocycles. The Bertz CT molecular complexity index is 634. The van der Waals surface area contributed by atoms with Crippen molar-refractivity contribution in [3.8, 4) is 0 Å². The molecule has 8 nitrogen and oxygen atoms in total. The fourth-order valence-electron chi connectivity index (χ4n) is 3.49. The summed E-state index contributed by atoms with van der Waals surface area (Å²) >= 11 is 0. The molecule has 2 atom stereocenters. The molecule has 2 aliphatic rings. The number of alkyl halides is 3. The molecule has 0 aliphatic carbocycles. The molecule has 0 aromatic heterocycles. The Labute approximate surface area is 169 Å². The van der Waals surface area contributed by atoms with Crippen LogP contribution in [0.25, 0.3) is 0 Å². The first-order chi connectivity index (χ1) is 13.5. The fraction of sp³-hybridized carbons (Fsp3) is 0.833. The van der Waals surface area contributed by atoms with Crippen molar-refractivity contribution in [3.63, 3.8) is 0 Å². The van der Waals surface area contributed by atoms with Crippen LogP contribution in [-0.4, -0.2) is 96.7 Å². The van der Waals surface area contributed by atoms with Crippen LogP contribution >= 0.6 is 0 Å². The van der Waals surface area contributed by atoms with Crippen molar-refractivity contribution < 1.29 is 22.8 Å². The number of hydrogen-bond acceptors (Lipinski definition) is 4. The number of carbonyl (C=O) groups is 2. The van der Waals surface area contributed by atoms with Gasteiger partial charge in [0.2, 0.25) is 0 Å². The van der Waals surface area contributed by atoms with Crippen molar-refractivity contribution >= 4 is 17.9 Å². The molecule has 0 aromatic rings. The van der Waals surface area contributed by atoms with E-state index in [1.807, 2.05) is 11.8 Å². The summed E-state index contributed by atoms with van der Waals surface area (Å²) in [5.74, 6) is 0.393. The van der Waals surface area contributed by atoms with E-state index in [9.17, 15) is 22.8 Å². The van der Waals surface area contributed by atoms with E-state index in [4.69, 9.17) is 0 Å². The average molecular weight is 420 g/mol. The topological polar surface area (TPSA) is 80.3 Å². The zero-order chi connectivity index (χ0) is 21.8. The molecule has 11 heteroatoms. The highest BCUT2D eigenvalue weighted by atomic mass is 19.4. The molecule has 0 aromatic carbocycles. The Hall–Kier alpha value is -2.04. The van der Waals surface area contributed by atoms with Gasteiger partial charge in [0.15, 0.2) is 5.96 Å². The Morgan fingerprint density at radius 3 is 2.38 bits per heavy atom. The molecule has 2 N–H and O–H groups in total. The molecule has 29 heavy (non-hydrogen) atoms. The van der Waals surface area contributed by atoms with Gasteiger partial charge in [-0.3, -0.25) is 19.6 Å². The summed E-state index contributed by atoms with van der Waals surface area (Å²) in [6.45, 7) is 7.03. The maximum Gasteiger partial charge on any atom is 0.403 e. The quantitative estimate of drug-likeness (QED) is 0.293. The summed E-state index contributed by atoms with van der Waals surface area (Å²) in [6, 6.07) is -1.84. The molecule has 2 fully saturated rings. The minimum atomic E-state index is -4.23. The summed E-state index contributed by atoms with van der Waals surface area (Å²) in [4.78, 5) is 33.1.